The molecule has 0 aliphatic rings. The Labute approximate surface area is 127 Å². The number of nitrogens with zero attached hydrogens (tertiary/aromatic N) is 2. The van der Waals surface area contributed by atoms with Crippen LogP contribution in [0.4, 0.5) is 17.3 Å². The van der Waals surface area contributed by atoms with Gasteiger partial charge < -0.3 is 10.6 Å². The third-order valence-corrected chi connectivity index (χ3v) is 3.40. The summed E-state index contributed by atoms with van der Waals surface area (Å²) in [5.74, 6) is 1.80. The molecule has 1 heterocycles. The summed E-state index contributed by atoms with van der Waals surface area (Å²) in [7, 11) is 0. The van der Waals surface area contributed by atoms with Crippen molar-refractivity contribution in [2.75, 3.05) is 17.2 Å². The first kappa shape index (κ1) is 15.3. The van der Waals surface area contributed by atoms with Crippen LogP contribution in [-0.2, 0) is 12.8 Å². The SMILES string of the molecule is CCCc1ccc(Nc2ncnc(NCC)c2CC)cc1. The standard InChI is InChI=1S/C17H24N4/c1-4-7-13-8-10-14(11-9-13)21-17-15(5-2)16(18-6-3)19-12-20-17/h8-12H,4-7H2,1-3H3,(H2,18,19,20,21). The first-order valence-electron chi connectivity index (χ1n) is 7.72. The summed E-state index contributed by atoms with van der Waals surface area (Å²) in [5.41, 5.74) is 3.55. The molecular weight excluding hydrogens is 260 g/mol. The summed E-state index contributed by atoms with van der Waals surface area (Å²) in [6.07, 6.45) is 4.79. The van der Waals surface area contributed by atoms with Gasteiger partial charge in [-0.15, -0.1) is 0 Å². The molecule has 0 amide bonds. The van der Waals surface area contributed by atoms with E-state index in [-0.39, 0.29) is 0 Å². The van der Waals surface area contributed by atoms with Crippen molar-refractivity contribution < 1.29 is 0 Å². The van der Waals surface area contributed by atoms with Crippen LogP contribution < -0.4 is 10.6 Å². The van der Waals surface area contributed by atoms with Gasteiger partial charge in [0.1, 0.15) is 18.0 Å². The van der Waals surface area contributed by atoms with Gasteiger partial charge in [-0.3, -0.25) is 0 Å². The first-order chi connectivity index (χ1) is 10.3. The lowest BCUT2D eigenvalue weighted by Crippen LogP contribution is -2.07. The Hall–Kier alpha value is -2.10. The molecule has 4 nitrogen and oxygen atoms in total. The number of hydrogen-bond acceptors (Lipinski definition) is 4. The van der Waals surface area contributed by atoms with Crippen molar-refractivity contribution in [1.82, 2.24) is 9.97 Å². The molecule has 0 atom stereocenters. The molecule has 0 unspecified atom stereocenters. The fourth-order valence-corrected chi connectivity index (χ4v) is 2.35. The zero-order chi connectivity index (χ0) is 15.1. The van der Waals surface area contributed by atoms with E-state index < -0.39 is 0 Å². The van der Waals surface area contributed by atoms with Crippen LogP contribution in [0.2, 0.25) is 0 Å². The maximum atomic E-state index is 4.38. The lowest BCUT2D eigenvalue weighted by Gasteiger charge is -2.14. The third kappa shape index (κ3) is 3.94. The molecule has 0 saturated heterocycles. The Morgan fingerprint density at radius 1 is 0.952 bits per heavy atom. The van der Waals surface area contributed by atoms with Crippen LogP contribution in [-0.4, -0.2) is 16.5 Å². The van der Waals surface area contributed by atoms with E-state index in [0.29, 0.717) is 0 Å². The fourth-order valence-electron chi connectivity index (χ4n) is 2.35. The van der Waals surface area contributed by atoms with E-state index in [1.54, 1.807) is 6.33 Å². The van der Waals surface area contributed by atoms with Crippen LogP contribution >= 0.6 is 0 Å². The second-order valence-corrected chi connectivity index (χ2v) is 5.01. The molecule has 2 N–H and O–H groups in total. The van der Waals surface area contributed by atoms with E-state index in [1.807, 2.05) is 0 Å². The Morgan fingerprint density at radius 2 is 1.67 bits per heavy atom. The Kier molecular flexibility index (Phi) is 5.55. The Bertz CT molecular complexity index is 564. The Morgan fingerprint density at radius 3 is 2.29 bits per heavy atom. The van der Waals surface area contributed by atoms with Gasteiger partial charge in [0.2, 0.25) is 0 Å². The van der Waals surface area contributed by atoms with Crippen molar-refractivity contribution in [2.24, 2.45) is 0 Å². The van der Waals surface area contributed by atoms with Gasteiger partial charge in [0.15, 0.2) is 0 Å². The minimum absolute atomic E-state index is 0.856. The molecule has 0 aliphatic carbocycles. The quantitative estimate of drug-likeness (QED) is 0.801. The minimum Gasteiger partial charge on any atom is -0.370 e. The smallest absolute Gasteiger partial charge is 0.139 e. The second kappa shape index (κ2) is 7.62. The van der Waals surface area contributed by atoms with E-state index in [2.05, 4.69) is 65.6 Å². The summed E-state index contributed by atoms with van der Waals surface area (Å²) in [4.78, 5) is 8.70. The van der Waals surface area contributed by atoms with Crippen molar-refractivity contribution in [3.63, 3.8) is 0 Å². The molecule has 4 heteroatoms. The number of benzene rings is 1. The number of rotatable bonds is 7. The van der Waals surface area contributed by atoms with E-state index >= 15 is 0 Å². The van der Waals surface area contributed by atoms with Gasteiger partial charge >= 0.3 is 0 Å². The summed E-state index contributed by atoms with van der Waals surface area (Å²) in [6, 6.07) is 8.56. The van der Waals surface area contributed by atoms with Crippen molar-refractivity contribution in [1.29, 1.82) is 0 Å². The van der Waals surface area contributed by atoms with E-state index in [0.717, 1.165) is 42.3 Å². The summed E-state index contributed by atoms with van der Waals surface area (Å²) in [5, 5.41) is 6.69. The van der Waals surface area contributed by atoms with Crippen molar-refractivity contribution in [3.8, 4) is 0 Å². The monoisotopic (exact) mass is 284 g/mol. The highest BCUT2D eigenvalue weighted by atomic mass is 15.1. The predicted molar refractivity (Wildman–Crippen MR) is 89.3 cm³/mol. The molecule has 1 aromatic heterocycles. The molecule has 0 saturated carbocycles. The highest BCUT2D eigenvalue weighted by molar-refractivity contribution is 5.64. The van der Waals surface area contributed by atoms with E-state index in [9.17, 15) is 0 Å². The zero-order valence-corrected chi connectivity index (χ0v) is 13.1. The van der Waals surface area contributed by atoms with Gasteiger partial charge in [0, 0.05) is 17.8 Å². The molecule has 2 rings (SSSR count). The first-order valence-corrected chi connectivity index (χ1v) is 7.72. The molecule has 112 valence electrons. The van der Waals surface area contributed by atoms with Gasteiger partial charge in [-0.1, -0.05) is 32.4 Å². The number of nitrogens with one attached hydrogen (secondary N) is 2. The van der Waals surface area contributed by atoms with Crippen LogP contribution in [0, 0.1) is 0 Å². The molecule has 2 aromatic rings. The minimum atomic E-state index is 0.856. The van der Waals surface area contributed by atoms with Crippen LogP contribution in [0.1, 0.15) is 38.3 Å². The van der Waals surface area contributed by atoms with Crippen molar-refractivity contribution in [2.45, 2.75) is 40.0 Å². The maximum Gasteiger partial charge on any atom is 0.139 e. The molecule has 0 fully saturated rings. The molecule has 0 bridgehead atoms. The van der Waals surface area contributed by atoms with Crippen LogP contribution in [0.25, 0.3) is 0 Å². The lowest BCUT2D eigenvalue weighted by atomic mass is 10.1. The second-order valence-electron chi connectivity index (χ2n) is 5.01. The number of hydrogen-bond donors (Lipinski definition) is 2. The average molecular weight is 284 g/mol. The van der Waals surface area contributed by atoms with Crippen molar-refractivity contribution >= 4 is 17.3 Å². The number of anilines is 3. The van der Waals surface area contributed by atoms with Crippen LogP contribution in [0.3, 0.4) is 0 Å². The van der Waals surface area contributed by atoms with Gasteiger partial charge in [0.25, 0.3) is 0 Å². The van der Waals surface area contributed by atoms with E-state index in [4.69, 9.17) is 0 Å². The summed E-state index contributed by atoms with van der Waals surface area (Å²) in [6.45, 7) is 7.24. The van der Waals surface area contributed by atoms with Gasteiger partial charge in [0.05, 0.1) is 0 Å². The fraction of sp³-hybridized carbons (Fsp3) is 0.412. The topological polar surface area (TPSA) is 49.8 Å². The van der Waals surface area contributed by atoms with Gasteiger partial charge in [-0.2, -0.15) is 0 Å². The molecule has 0 radical (unpaired) electrons. The average Bonchev–Trinajstić information content (AvgIpc) is 2.50. The molecule has 0 spiro atoms. The lowest BCUT2D eigenvalue weighted by molar-refractivity contribution is 0.922. The number of aromatic nitrogens is 2. The van der Waals surface area contributed by atoms with E-state index in [1.165, 1.54) is 12.0 Å². The maximum absolute atomic E-state index is 4.38. The van der Waals surface area contributed by atoms with Gasteiger partial charge in [-0.25, -0.2) is 9.97 Å². The summed E-state index contributed by atoms with van der Waals surface area (Å²) >= 11 is 0. The largest absolute Gasteiger partial charge is 0.370 e. The molecule has 0 aliphatic heterocycles. The molecule has 21 heavy (non-hydrogen) atoms. The van der Waals surface area contributed by atoms with Crippen LogP contribution in [0.15, 0.2) is 30.6 Å². The third-order valence-electron chi connectivity index (χ3n) is 3.40. The zero-order valence-electron chi connectivity index (χ0n) is 13.1. The number of aryl methyl sites for hydroxylation is 1. The summed E-state index contributed by atoms with van der Waals surface area (Å²) < 4.78 is 0. The predicted octanol–water partition coefficient (Wildman–Crippen LogP) is 4.17. The van der Waals surface area contributed by atoms with Crippen molar-refractivity contribution in [3.05, 3.63) is 41.7 Å². The van der Waals surface area contributed by atoms with Gasteiger partial charge in [-0.05, 0) is 37.5 Å². The molecule has 1 aromatic carbocycles. The normalized spacial score (nSPS) is 10.4. The Balaban J connectivity index is 2.20. The van der Waals surface area contributed by atoms with Crippen LogP contribution in [0.5, 0.6) is 0 Å². The highest BCUT2D eigenvalue weighted by Gasteiger charge is 2.09. The highest BCUT2D eigenvalue weighted by Crippen LogP contribution is 2.24. The molecular formula is C17H24N4.